The molecule has 0 bridgehead atoms. The van der Waals surface area contributed by atoms with Gasteiger partial charge in [0, 0.05) is 69.7 Å². The molecule has 9 heteroatoms. The van der Waals surface area contributed by atoms with Crippen molar-refractivity contribution in [3.05, 3.63) is 64.5 Å². The molecule has 8 nitrogen and oxygen atoms in total. The van der Waals surface area contributed by atoms with Crippen LogP contribution < -0.4 is 10.6 Å². The lowest BCUT2D eigenvalue weighted by molar-refractivity contribution is -0.136. The van der Waals surface area contributed by atoms with Crippen molar-refractivity contribution >= 4 is 23.4 Å². The van der Waals surface area contributed by atoms with Crippen LogP contribution in [0.25, 0.3) is 0 Å². The van der Waals surface area contributed by atoms with Crippen molar-refractivity contribution in [2.45, 2.75) is 38.4 Å². The minimum absolute atomic E-state index is 0.0391. The topological polar surface area (TPSA) is 91.0 Å². The van der Waals surface area contributed by atoms with Gasteiger partial charge < -0.3 is 15.0 Å². The summed E-state index contributed by atoms with van der Waals surface area (Å²) in [4.78, 5) is 40.2. The highest BCUT2D eigenvalue weighted by Gasteiger charge is 2.39. The number of morpholine rings is 1. The van der Waals surface area contributed by atoms with Gasteiger partial charge in [0.15, 0.2) is 0 Å². The predicted octanol–water partition coefficient (Wildman–Crippen LogP) is 2.03. The van der Waals surface area contributed by atoms with Crippen LogP contribution >= 0.6 is 0 Å². The molecular weight excluding hydrogens is 439 g/mol. The Labute approximate surface area is 206 Å². The minimum atomic E-state index is -3.39. The number of rotatable bonds is 6. The van der Waals surface area contributed by atoms with Crippen LogP contribution in [0.4, 0.5) is 10.1 Å². The molecule has 2 aromatic rings. The van der Waals surface area contributed by atoms with E-state index >= 15 is 4.39 Å². The molecule has 2 aromatic carbocycles. The van der Waals surface area contributed by atoms with Gasteiger partial charge in [-0.05, 0) is 30.1 Å². The number of fused-ring (bicyclic) bond motifs is 1. The molecule has 0 aromatic heterocycles. The van der Waals surface area contributed by atoms with Crippen molar-refractivity contribution in [2.75, 3.05) is 31.6 Å². The molecule has 0 aliphatic carbocycles. The molecule has 0 saturated carbocycles. The number of hydrogen-bond acceptors (Lipinski definition) is 6. The van der Waals surface area contributed by atoms with Gasteiger partial charge in [-0.3, -0.25) is 24.6 Å². The summed E-state index contributed by atoms with van der Waals surface area (Å²) < 4.78 is 78.2. The van der Waals surface area contributed by atoms with Gasteiger partial charge in [-0.15, -0.1) is 0 Å². The molecule has 3 amide bonds. The van der Waals surface area contributed by atoms with Crippen molar-refractivity contribution in [3.63, 3.8) is 0 Å². The summed E-state index contributed by atoms with van der Waals surface area (Å²) in [7, 11) is 0. The average molecular weight is 474 g/mol. The van der Waals surface area contributed by atoms with Crippen LogP contribution in [-0.2, 0) is 33.9 Å². The van der Waals surface area contributed by atoms with Crippen LogP contribution in [-0.4, -0.2) is 59.8 Å². The van der Waals surface area contributed by atoms with E-state index in [1.165, 1.54) is 24.3 Å². The zero-order valence-corrected chi connectivity index (χ0v) is 18.1. The van der Waals surface area contributed by atoms with Gasteiger partial charge >= 0.3 is 0 Å². The fourth-order valence-electron chi connectivity index (χ4n) is 4.04. The minimum Gasteiger partial charge on any atom is -0.381 e. The number of hydrogen-bond donors (Lipinski definition) is 2. The fraction of sp³-hybridized carbons (Fsp3) is 0.400. The summed E-state index contributed by atoms with van der Waals surface area (Å²) >= 11 is 0. The SMILES string of the molecule is [2H]C([2H])(c1ccc(CNc2cccc3c2CN([C@@]2([2H])C(=O)NC(=O)C([2H])([2H])C2([2H])[2H])C3=O)c(F)c1)N1CCOCC1. The number of nitrogens with zero attached hydrogens (tertiary/aromatic N) is 2. The summed E-state index contributed by atoms with van der Waals surface area (Å²) in [5.74, 6) is -4.55. The molecular formula is C25H27FN4O4. The van der Waals surface area contributed by atoms with Crippen LogP contribution in [0.15, 0.2) is 36.4 Å². The number of amides is 3. The van der Waals surface area contributed by atoms with Crippen LogP contribution in [0.3, 0.4) is 0 Å². The van der Waals surface area contributed by atoms with Gasteiger partial charge in [-0.2, -0.15) is 0 Å². The Bertz CT molecular complexity index is 1440. The molecule has 2 saturated heterocycles. The molecule has 0 unspecified atom stereocenters. The van der Waals surface area contributed by atoms with Gasteiger partial charge in [-0.25, -0.2) is 4.39 Å². The van der Waals surface area contributed by atoms with E-state index in [1.54, 1.807) is 16.3 Å². The summed E-state index contributed by atoms with van der Waals surface area (Å²) in [6.07, 6.45) is -6.67. The second kappa shape index (κ2) is 9.52. The van der Waals surface area contributed by atoms with Crippen molar-refractivity contribution in [2.24, 2.45) is 0 Å². The number of carbonyl (C=O) groups is 3. The average Bonchev–Trinajstić information content (AvgIpc) is 3.28. The molecule has 2 fully saturated rings. The Morgan fingerprint density at radius 1 is 1.24 bits per heavy atom. The quantitative estimate of drug-likeness (QED) is 0.624. The van der Waals surface area contributed by atoms with Gasteiger partial charge in [0.25, 0.3) is 5.91 Å². The van der Waals surface area contributed by atoms with E-state index in [-0.39, 0.29) is 28.8 Å². The van der Waals surface area contributed by atoms with E-state index in [0.29, 0.717) is 36.9 Å². The van der Waals surface area contributed by atoms with Gasteiger partial charge in [0.1, 0.15) is 11.8 Å². The summed E-state index contributed by atoms with van der Waals surface area (Å²) in [6.45, 7) is -0.905. The van der Waals surface area contributed by atoms with Gasteiger partial charge in [0.2, 0.25) is 11.8 Å². The largest absolute Gasteiger partial charge is 0.381 e. The Morgan fingerprint density at radius 3 is 2.85 bits per heavy atom. The zero-order valence-electron chi connectivity index (χ0n) is 25.1. The zero-order chi connectivity index (χ0) is 30.0. The first kappa shape index (κ1) is 15.6. The molecule has 0 spiro atoms. The van der Waals surface area contributed by atoms with Crippen LogP contribution in [0.2, 0.25) is 0 Å². The molecule has 34 heavy (non-hydrogen) atoms. The van der Waals surface area contributed by atoms with Crippen LogP contribution in [0.1, 0.15) is 49.4 Å². The number of carbonyl (C=O) groups excluding carboxylic acids is 3. The molecule has 3 heterocycles. The molecule has 3 aliphatic heterocycles. The third kappa shape index (κ3) is 4.53. The Kier molecular flexibility index (Phi) is 4.36. The van der Waals surface area contributed by atoms with Crippen molar-refractivity contribution in [3.8, 4) is 0 Å². The maximum absolute atomic E-state index is 15.1. The third-order valence-corrected chi connectivity index (χ3v) is 5.79. The maximum Gasteiger partial charge on any atom is 0.255 e. The number of ether oxygens (including phenoxy) is 1. The van der Waals surface area contributed by atoms with Crippen molar-refractivity contribution in [1.29, 1.82) is 0 Å². The highest BCUT2D eigenvalue weighted by atomic mass is 19.1. The first-order valence-electron chi connectivity index (χ1n) is 14.3. The lowest BCUT2D eigenvalue weighted by Gasteiger charge is -2.29. The molecule has 3 aliphatic rings. The molecule has 2 N–H and O–H groups in total. The maximum atomic E-state index is 15.1. The van der Waals surface area contributed by atoms with Crippen molar-refractivity contribution < 1.29 is 33.1 Å². The monoisotopic (exact) mass is 473 g/mol. The fourth-order valence-corrected chi connectivity index (χ4v) is 4.04. The number of nitrogens with one attached hydrogen (secondary N) is 2. The Balaban J connectivity index is 1.37. The standard InChI is InChI=1S/C25H27FN4O4/c26-20-12-16(14-29-8-10-34-11-9-29)4-5-17(20)13-27-21-3-1-2-18-19(21)15-30(25(18)33)22-6-7-23(31)28-24(22)32/h1-5,12,22,27H,6-11,13-15H2,(H,28,31,32)/t22-/m1/s1/i6D2,7D2,14D2,22D. The van der Waals surface area contributed by atoms with E-state index in [9.17, 15) is 14.4 Å². The lowest BCUT2D eigenvalue weighted by Crippen LogP contribution is -2.52. The molecule has 1 atom stereocenters. The number of piperidine rings is 1. The number of imide groups is 1. The Hall–Kier alpha value is -3.30. The third-order valence-electron chi connectivity index (χ3n) is 5.79. The highest BCUT2D eigenvalue weighted by Crippen LogP contribution is 2.32. The van der Waals surface area contributed by atoms with Crippen LogP contribution in [0, 0.1) is 5.82 Å². The van der Waals surface area contributed by atoms with E-state index < -0.39 is 55.3 Å². The van der Waals surface area contributed by atoms with E-state index in [4.69, 9.17) is 14.3 Å². The van der Waals surface area contributed by atoms with Gasteiger partial charge in [-0.1, -0.05) is 18.2 Å². The molecule has 5 rings (SSSR count). The van der Waals surface area contributed by atoms with Crippen molar-refractivity contribution in [1.82, 2.24) is 15.1 Å². The summed E-state index contributed by atoms with van der Waals surface area (Å²) in [5.41, 5.74) is 1.02. The van der Waals surface area contributed by atoms with E-state index in [2.05, 4.69) is 5.32 Å². The predicted molar refractivity (Wildman–Crippen MR) is 122 cm³/mol. The van der Waals surface area contributed by atoms with Gasteiger partial charge in [0.05, 0.1) is 14.6 Å². The number of anilines is 1. The van der Waals surface area contributed by atoms with Crippen LogP contribution in [0.5, 0.6) is 0 Å². The second-order valence-electron chi connectivity index (χ2n) is 7.98. The first-order chi connectivity index (χ1) is 19.1. The molecule has 178 valence electrons. The highest BCUT2D eigenvalue weighted by molar-refractivity contribution is 6.06. The van der Waals surface area contributed by atoms with E-state index in [1.807, 2.05) is 0 Å². The van der Waals surface area contributed by atoms with E-state index in [0.717, 1.165) is 6.07 Å². The smallest absolute Gasteiger partial charge is 0.255 e. The number of halogens is 1. The lowest BCUT2D eigenvalue weighted by atomic mass is 10.0. The summed E-state index contributed by atoms with van der Waals surface area (Å²) in [5, 5.41) is 4.69. The Morgan fingerprint density at radius 2 is 2.06 bits per heavy atom. The summed E-state index contributed by atoms with van der Waals surface area (Å²) in [6, 6.07) is 5.48. The second-order valence-corrected chi connectivity index (χ2v) is 7.98. The molecule has 0 radical (unpaired) electrons. The normalized spacial score (nSPS) is 29.5. The number of benzene rings is 2. The first-order valence-corrected chi connectivity index (χ1v) is 10.8.